The van der Waals surface area contributed by atoms with Gasteiger partial charge in [-0.2, -0.15) is 0 Å². The van der Waals surface area contributed by atoms with Gasteiger partial charge in [0.1, 0.15) is 47.2 Å². The first-order chi connectivity index (χ1) is 13.6. The Morgan fingerprint density at radius 1 is 0.552 bits per heavy atom. The lowest BCUT2D eigenvalue weighted by molar-refractivity contribution is 0.0767. The fraction of sp³-hybridized carbons (Fsp3) is 0.538. The van der Waals surface area contributed by atoms with Gasteiger partial charge in [0.05, 0.1) is 0 Å². The Hall–Kier alpha value is -2.38. The molecule has 0 saturated heterocycles. The van der Waals surface area contributed by atoms with Crippen LogP contribution < -0.4 is 0 Å². The van der Waals surface area contributed by atoms with Crippen LogP contribution >= 0.6 is 0 Å². The Morgan fingerprint density at radius 3 is 0.724 bits per heavy atom. The van der Waals surface area contributed by atoms with Crippen molar-refractivity contribution in [3.63, 3.8) is 0 Å². The molecule has 0 fully saturated rings. The van der Waals surface area contributed by atoms with E-state index in [9.17, 15) is 9.59 Å². The molecule has 180 valence electrons. The standard InChI is InChI=1S/2C4H6O3.5CH4O2/c2*1-2-3-7-4(5)6;5*2-1-3/h2*2H,1,3H2,(H,5,6);5*2-3H,1H2. The number of rotatable bonds is 4. The van der Waals surface area contributed by atoms with E-state index < -0.39 is 46.3 Å². The van der Waals surface area contributed by atoms with E-state index in [4.69, 9.17) is 61.3 Å². The third-order valence-corrected chi connectivity index (χ3v) is 0.649. The number of hydrogen-bond acceptors (Lipinski definition) is 14. The summed E-state index contributed by atoms with van der Waals surface area (Å²) in [6.07, 6.45) is 0.210. The Morgan fingerprint density at radius 2 is 0.690 bits per heavy atom. The average molecular weight is 444 g/mol. The summed E-state index contributed by atoms with van der Waals surface area (Å²) in [5.74, 6) is 0. The van der Waals surface area contributed by atoms with Crippen molar-refractivity contribution in [2.75, 3.05) is 47.2 Å². The van der Waals surface area contributed by atoms with Crippen molar-refractivity contribution in [3.05, 3.63) is 25.3 Å². The number of hydrogen-bond donors (Lipinski definition) is 12. The van der Waals surface area contributed by atoms with Crippen molar-refractivity contribution in [2.45, 2.75) is 0 Å². The summed E-state index contributed by atoms with van der Waals surface area (Å²) >= 11 is 0. The number of carbonyl (C=O) groups is 2. The third-order valence-electron chi connectivity index (χ3n) is 0.649. The van der Waals surface area contributed by atoms with Crippen molar-refractivity contribution >= 4 is 12.3 Å². The second kappa shape index (κ2) is 72.7. The normalized spacial score (nSPS) is 6.69. The lowest BCUT2D eigenvalue weighted by Gasteiger charge is -1.88. The van der Waals surface area contributed by atoms with Crippen LogP contribution in [0.4, 0.5) is 9.59 Å². The second-order valence-corrected chi connectivity index (χ2v) is 2.44. The fourth-order valence-corrected chi connectivity index (χ4v) is 0.260. The van der Waals surface area contributed by atoms with Gasteiger partial charge in [-0.1, -0.05) is 25.3 Å². The van der Waals surface area contributed by atoms with Crippen molar-refractivity contribution in [1.82, 2.24) is 0 Å². The van der Waals surface area contributed by atoms with E-state index in [2.05, 4.69) is 22.6 Å². The molecule has 0 aromatic carbocycles. The Kier molecular flexibility index (Phi) is 114. The van der Waals surface area contributed by atoms with Crippen LogP contribution in [0.1, 0.15) is 0 Å². The van der Waals surface area contributed by atoms with E-state index in [-0.39, 0.29) is 13.2 Å². The van der Waals surface area contributed by atoms with Gasteiger partial charge in [0, 0.05) is 0 Å². The molecule has 0 aromatic heterocycles. The summed E-state index contributed by atoms with van der Waals surface area (Å²) in [7, 11) is 0. The lowest BCUT2D eigenvalue weighted by Crippen LogP contribution is -1.98. The van der Waals surface area contributed by atoms with Crippen LogP contribution in [0.25, 0.3) is 0 Å². The maximum Gasteiger partial charge on any atom is 0.506 e. The largest absolute Gasteiger partial charge is 0.506 e. The van der Waals surface area contributed by atoms with E-state index in [0.29, 0.717) is 0 Å². The molecule has 0 spiro atoms. The summed E-state index contributed by atoms with van der Waals surface area (Å²) < 4.78 is 7.98. The third kappa shape index (κ3) is 453. The molecule has 0 bridgehead atoms. The first-order valence-corrected chi connectivity index (χ1v) is 6.64. The van der Waals surface area contributed by atoms with E-state index >= 15 is 0 Å². The van der Waals surface area contributed by atoms with Gasteiger partial charge in [0.15, 0.2) is 0 Å². The van der Waals surface area contributed by atoms with Gasteiger partial charge in [0.25, 0.3) is 0 Å². The molecule has 0 aliphatic rings. The summed E-state index contributed by atoms with van der Waals surface area (Å²) in [6, 6.07) is 0. The number of carboxylic acid groups (broad SMARTS) is 2. The molecule has 0 aliphatic carbocycles. The van der Waals surface area contributed by atoms with Crippen LogP contribution in [-0.4, -0.2) is 121 Å². The topological polar surface area (TPSA) is 295 Å². The van der Waals surface area contributed by atoms with Gasteiger partial charge in [-0.15, -0.1) is 0 Å². The highest BCUT2D eigenvalue weighted by atomic mass is 16.7. The molecule has 0 saturated carbocycles. The minimum Gasteiger partial charge on any atom is -0.450 e. The molecule has 0 atom stereocenters. The predicted octanol–water partition coefficient (Wildman–Crippen LogP) is -3.62. The molecule has 12 N–H and O–H groups in total. The molecule has 0 rings (SSSR count). The quantitative estimate of drug-likeness (QED) is 0.113. The van der Waals surface area contributed by atoms with Crippen molar-refractivity contribution in [3.8, 4) is 0 Å². The smallest absolute Gasteiger partial charge is 0.450 e. The highest BCUT2D eigenvalue weighted by molar-refractivity contribution is 5.57. The summed E-state index contributed by atoms with van der Waals surface area (Å²) in [5.41, 5.74) is 0. The summed E-state index contributed by atoms with van der Waals surface area (Å²) in [6.45, 7) is 2.87. The highest BCUT2D eigenvalue weighted by Crippen LogP contribution is 1.73. The minimum atomic E-state index is -1.26. The van der Waals surface area contributed by atoms with E-state index in [1.165, 1.54) is 12.2 Å². The second-order valence-electron chi connectivity index (χ2n) is 2.44. The number of ether oxygens (including phenoxy) is 2. The van der Waals surface area contributed by atoms with E-state index in [0.717, 1.165) is 0 Å². The first-order valence-electron chi connectivity index (χ1n) is 6.64. The monoisotopic (exact) mass is 444 g/mol. The molecule has 16 heteroatoms. The van der Waals surface area contributed by atoms with Crippen LogP contribution in [0, 0.1) is 0 Å². The zero-order valence-electron chi connectivity index (χ0n) is 15.5. The Labute approximate surface area is 166 Å². The molecule has 0 aromatic rings. The zero-order valence-corrected chi connectivity index (χ0v) is 15.5. The molecule has 0 heterocycles. The fourth-order valence-electron chi connectivity index (χ4n) is 0.260. The van der Waals surface area contributed by atoms with Crippen LogP contribution in [-0.2, 0) is 9.47 Å². The molecule has 29 heavy (non-hydrogen) atoms. The van der Waals surface area contributed by atoms with E-state index in [1.807, 2.05) is 0 Å². The molecule has 0 amide bonds. The van der Waals surface area contributed by atoms with Gasteiger partial charge in [-0.05, 0) is 0 Å². The SMILES string of the molecule is C=CCOC(=O)O.C=CCOC(=O)O.OCO.OCO.OCO.OCO.OCO. The molecular weight excluding hydrogens is 412 g/mol. The van der Waals surface area contributed by atoms with Crippen LogP contribution in [0.2, 0.25) is 0 Å². The van der Waals surface area contributed by atoms with Gasteiger partial charge in [0.2, 0.25) is 0 Å². The Bertz CT molecular complexity index is 240. The number of aliphatic hydroxyl groups excluding tert-OH is 5. The van der Waals surface area contributed by atoms with Gasteiger partial charge in [-0.25, -0.2) is 9.59 Å². The highest BCUT2D eigenvalue weighted by Gasteiger charge is 1.88. The van der Waals surface area contributed by atoms with Crippen LogP contribution in [0.3, 0.4) is 0 Å². The van der Waals surface area contributed by atoms with Crippen LogP contribution in [0.5, 0.6) is 0 Å². The first kappa shape index (κ1) is 45.4. The van der Waals surface area contributed by atoms with E-state index in [1.54, 1.807) is 0 Å². The van der Waals surface area contributed by atoms with Crippen molar-refractivity contribution in [1.29, 1.82) is 0 Å². The number of aliphatic hydroxyl groups is 10. The average Bonchev–Trinajstić information content (AvgIpc) is 2.62. The summed E-state index contributed by atoms with van der Waals surface area (Å²) in [5, 5.41) is 86.8. The van der Waals surface area contributed by atoms with Gasteiger partial charge >= 0.3 is 12.3 Å². The summed E-state index contributed by atoms with van der Waals surface area (Å²) in [4.78, 5) is 19.0. The molecule has 0 unspecified atom stereocenters. The molecule has 16 nitrogen and oxygen atoms in total. The van der Waals surface area contributed by atoms with Crippen LogP contribution in [0.15, 0.2) is 25.3 Å². The predicted molar refractivity (Wildman–Crippen MR) is 94.9 cm³/mol. The van der Waals surface area contributed by atoms with Gasteiger partial charge in [-0.3, -0.25) is 0 Å². The Balaban J connectivity index is -0.0000000409. The lowest BCUT2D eigenvalue weighted by atomic mass is 10.7. The maximum atomic E-state index is 9.49. The van der Waals surface area contributed by atoms with Gasteiger partial charge < -0.3 is 70.8 Å². The van der Waals surface area contributed by atoms with Crippen molar-refractivity contribution in [2.24, 2.45) is 0 Å². The molecular formula is C13H32O16. The minimum absolute atomic E-state index is 0.0648. The molecule has 0 radical (unpaired) electrons. The zero-order chi connectivity index (χ0) is 24.9. The van der Waals surface area contributed by atoms with Crippen molar-refractivity contribution < 1.29 is 80.3 Å². The maximum absolute atomic E-state index is 9.49. The molecule has 0 aliphatic heterocycles.